The van der Waals surface area contributed by atoms with Crippen molar-refractivity contribution in [2.24, 2.45) is 0 Å². The summed E-state index contributed by atoms with van der Waals surface area (Å²) in [7, 11) is 1.93. The highest BCUT2D eigenvalue weighted by atomic mass is 35.5. The first kappa shape index (κ1) is 19.2. The summed E-state index contributed by atoms with van der Waals surface area (Å²) in [5, 5.41) is 3.14. The van der Waals surface area contributed by atoms with Gasteiger partial charge in [-0.3, -0.25) is 9.78 Å². The van der Waals surface area contributed by atoms with E-state index in [-0.39, 0.29) is 30.0 Å². The van der Waals surface area contributed by atoms with Gasteiger partial charge in [-0.05, 0) is 49.9 Å². The Balaban J connectivity index is 1.47. The van der Waals surface area contributed by atoms with Gasteiger partial charge in [0.25, 0.3) is 5.91 Å². The van der Waals surface area contributed by atoms with Crippen molar-refractivity contribution in [3.8, 4) is 0 Å². The Labute approximate surface area is 172 Å². The number of amides is 1. The van der Waals surface area contributed by atoms with Gasteiger partial charge >= 0.3 is 0 Å². The number of nitrogens with zero attached hydrogens (tertiary/aromatic N) is 3. The Morgan fingerprint density at radius 2 is 2.18 bits per heavy atom. The highest BCUT2D eigenvalue weighted by Crippen LogP contribution is 2.36. The molecule has 0 bridgehead atoms. The summed E-state index contributed by atoms with van der Waals surface area (Å²) in [6.45, 7) is 0. The van der Waals surface area contributed by atoms with Crippen molar-refractivity contribution in [3.05, 3.63) is 63.6 Å². The molecule has 2 aromatic rings. The quantitative estimate of drug-likeness (QED) is 0.796. The number of hydrogen-bond donors (Lipinski definition) is 1. The standard InChI is InChI=1S/C20H22ClFN4OS/c1-25-10-11-26(20(25)18-15(22)6-3-9-23-18)14-5-2-4-13(12-14)24-19(27)16-7-8-17(21)28-16/h3,6-11,13-14,20H,2,4-5,12H2,1H3,(H,24,27)/t13-,14+,20?/m1/s1. The Kier molecular flexibility index (Phi) is 5.55. The molecule has 3 atom stereocenters. The fourth-order valence-electron chi connectivity index (χ4n) is 4.06. The zero-order valence-corrected chi connectivity index (χ0v) is 17.1. The molecular formula is C20H22ClFN4OS. The smallest absolute Gasteiger partial charge is 0.261 e. The van der Waals surface area contributed by atoms with E-state index in [0.717, 1.165) is 25.7 Å². The van der Waals surface area contributed by atoms with E-state index in [1.54, 1.807) is 24.4 Å². The summed E-state index contributed by atoms with van der Waals surface area (Å²) < 4.78 is 15.0. The lowest BCUT2D eigenvalue weighted by Gasteiger charge is -2.40. The molecule has 5 nitrogen and oxygen atoms in total. The summed E-state index contributed by atoms with van der Waals surface area (Å²) in [5.41, 5.74) is 0.425. The van der Waals surface area contributed by atoms with Gasteiger partial charge in [-0.1, -0.05) is 11.6 Å². The van der Waals surface area contributed by atoms with Crippen LogP contribution in [0.5, 0.6) is 0 Å². The molecule has 2 aromatic heterocycles. The Bertz CT molecular complexity index is 889. The van der Waals surface area contributed by atoms with Gasteiger partial charge in [0.15, 0.2) is 0 Å². The van der Waals surface area contributed by atoms with Crippen LogP contribution in [0.25, 0.3) is 0 Å². The van der Waals surface area contributed by atoms with Gasteiger partial charge in [-0.15, -0.1) is 11.3 Å². The second kappa shape index (κ2) is 8.09. The second-order valence-electron chi connectivity index (χ2n) is 7.25. The van der Waals surface area contributed by atoms with Crippen LogP contribution in [-0.4, -0.2) is 39.8 Å². The van der Waals surface area contributed by atoms with Crippen LogP contribution in [0.3, 0.4) is 0 Å². The average molecular weight is 421 g/mol. The molecule has 1 aliphatic heterocycles. The number of carbonyl (C=O) groups excluding carboxylic acids is 1. The number of nitrogens with one attached hydrogen (secondary N) is 1. The first-order valence-corrected chi connectivity index (χ1v) is 10.6. The molecule has 1 unspecified atom stereocenters. The fourth-order valence-corrected chi connectivity index (χ4v) is 5.00. The Morgan fingerprint density at radius 3 is 2.93 bits per heavy atom. The molecule has 1 N–H and O–H groups in total. The van der Waals surface area contributed by atoms with Gasteiger partial charge in [0.1, 0.15) is 17.7 Å². The number of rotatable bonds is 4. The minimum Gasteiger partial charge on any atom is -0.354 e. The summed E-state index contributed by atoms with van der Waals surface area (Å²) in [6.07, 6.45) is 9.08. The molecule has 2 aliphatic rings. The predicted octanol–water partition coefficient (Wildman–Crippen LogP) is 4.39. The summed E-state index contributed by atoms with van der Waals surface area (Å²) in [4.78, 5) is 21.5. The minimum atomic E-state index is -0.303. The second-order valence-corrected chi connectivity index (χ2v) is 8.96. The van der Waals surface area contributed by atoms with Crippen LogP contribution < -0.4 is 5.32 Å². The van der Waals surface area contributed by atoms with Crippen LogP contribution in [0, 0.1) is 5.82 Å². The van der Waals surface area contributed by atoms with Crippen molar-refractivity contribution in [3.63, 3.8) is 0 Å². The predicted molar refractivity (Wildman–Crippen MR) is 109 cm³/mol. The van der Waals surface area contributed by atoms with Crippen LogP contribution in [-0.2, 0) is 0 Å². The van der Waals surface area contributed by atoms with E-state index < -0.39 is 0 Å². The van der Waals surface area contributed by atoms with Crippen molar-refractivity contribution in [1.82, 2.24) is 20.1 Å². The van der Waals surface area contributed by atoms with Crippen molar-refractivity contribution < 1.29 is 9.18 Å². The van der Waals surface area contributed by atoms with Gasteiger partial charge in [0, 0.05) is 37.7 Å². The molecule has 1 fully saturated rings. The molecular weight excluding hydrogens is 399 g/mol. The largest absolute Gasteiger partial charge is 0.354 e. The average Bonchev–Trinajstić information content (AvgIpc) is 3.28. The highest BCUT2D eigenvalue weighted by Gasteiger charge is 2.36. The molecule has 0 aromatic carbocycles. The fraction of sp³-hybridized carbons (Fsp3) is 0.400. The third-order valence-corrected chi connectivity index (χ3v) is 6.60. The lowest BCUT2D eigenvalue weighted by Crippen LogP contribution is -2.46. The van der Waals surface area contributed by atoms with Gasteiger partial charge in [-0.2, -0.15) is 0 Å². The molecule has 28 heavy (non-hydrogen) atoms. The molecule has 8 heteroatoms. The zero-order chi connectivity index (χ0) is 19.7. The first-order valence-electron chi connectivity index (χ1n) is 9.37. The third-order valence-electron chi connectivity index (χ3n) is 5.37. The van der Waals surface area contributed by atoms with Gasteiger partial charge in [0.05, 0.1) is 9.21 Å². The Morgan fingerprint density at radius 1 is 1.32 bits per heavy atom. The van der Waals surface area contributed by atoms with Crippen molar-refractivity contribution in [2.45, 2.75) is 43.9 Å². The first-order chi connectivity index (χ1) is 13.5. The highest BCUT2D eigenvalue weighted by molar-refractivity contribution is 7.18. The normalized spacial score (nSPS) is 24.6. The molecule has 0 radical (unpaired) electrons. The van der Waals surface area contributed by atoms with Crippen LogP contribution in [0.4, 0.5) is 4.39 Å². The maximum Gasteiger partial charge on any atom is 0.261 e. The van der Waals surface area contributed by atoms with E-state index >= 15 is 0 Å². The Hall–Kier alpha value is -2.12. The summed E-state index contributed by atoms with van der Waals surface area (Å²) >= 11 is 7.23. The number of pyridine rings is 1. The molecule has 0 saturated heterocycles. The molecule has 0 spiro atoms. The molecule has 148 valence electrons. The lowest BCUT2D eigenvalue weighted by atomic mass is 9.89. The number of thiophene rings is 1. The van der Waals surface area contributed by atoms with E-state index in [4.69, 9.17) is 11.6 Å². The van der Waals surface area contributed by atoms with E-state index in [0.29, 0.717) is 14.9 Å². The van der Waals surface area contributed by atoms with Crippen LogP contribution in [0.1, 0.15) is 47.2 Å². The molecule has 1 amide bonds. The van der Waals surface area contributed by atoms with Crippen LogP contribution in [0.15, 0.2) is 42.9 Å². The maximum absolute atomic E-state index is 14.4. The molecule has 4 rings (SSSR count). The van der Waals surface area contributed by atoms with Crippen molar-refractivity contribution in [2.75, 3.05) is 7.05 Å². The van der Waals surface area contributed by atoms with Gasteiger partial charge in [0.2, 0.25) is 0 Å². The summed E-state index contributed by atoms with van der Waals surface area (Å²) in [6, 6.07) is 6.83. The van der Waals surface area contributed by atoms with Crippen molar-refractivity contribution in [1.29, 1.82) is 0 Å². The van der Waals surface area contributed by atoms with Crippen LogP contribution in [0.2, 0.25) is 4.34 Å². The zero-order valence-electron chi connectivity index (χ0n) is 15.5. The maximum atomic E-state index is 14.4. The number of carbonyl (C=O) groups is 1. The lowest BCUT2D eigenvalue weighted by molar-refractivity contribution is 0.0819. The molecule has 3 heterocycles. The van der Waals surface area contributed by atoms with E-state index in [2.05, 4.69) is 15.2 Å². The number of halogens is 2. The minimum absolute atomic E-state index is 0.0797. The monoisotopic (exact) mass is 420 g/mol. The SMILES string of the molecule is CN1C=CN([C@H]2CCC[C@@H](NC(=O)c3ccc(Cl)s3)C2)C1c1ncccc1F. The molecule has 1 aliphatic carbocycles. The third kappa shape index (κ3) is 3.86. The van der Waals surface area contributed by atoms with E-state index in [1.807, 2.05) is 24.3 Å². The molecule has 1 saturated carbocycles. The number of hydrogen-bond acceptors (Lipinski definition) is 5. The van der Waals surface area contributed by atoms with Gasteiger partial charge in [-0.25, -0.2) is 4.39 Å². The van der Waals surface area contributed by atoms with Gasteiger partial charge < -0.3 is 15.1 Å². The van der Waals surface area contributed by atoms with Crippen LogP contribution >= 0.6 is 22.9 Å². The number of aromatic nitrogens is 1. The van der Waals surface area contributed by atoms with Crippen molar-refractivity contribution >= 4 is 28.8 Å². The summed E-state index contributed by atoms with van der Waals surface area (Å²) in [5.74, 6) is -0.382. The van der Waals surface area contributed by atoms with E-state index in [1.165, 1.54) is 17.4 Å². The topological polar surface area (TPSA) is 48.5 Å². The van der Waals surface area contributed by atoms with E-state index in [9.17, 15) is 9.18 Å².